The summed E-state index contributed by atoms with van der Waals surface area (Å²) in [5.74, 6) is 2.14. The van der Waals surface area contributed by atoms with Crippen LogP contribution in [0.15, 0.2) is 6.33 Å². The van der Waals surface area contributed by atoms with Crippen molar-refractivity contribution in [3.05, 3.63) is 6.33 Å². The van der Waals surface area contributed by atoms with Gasteiger partial charge in [0.15, 0.2) is 5.82 Å². The van der Waals surface area contributed by atoms with Crippen molar-refractivity contribution < 1.29 is 4.74 Å². The molecule has 1 aromatic heterocycles. The first-order chi connectivity index (χ1) is 9.63. The highest BCUT2D eigenvalue weighted by Gasteiger charge is 2.24. The predicted molar refractivity (Wildman–Crippen MR) is 82.1 cm³/mol. The Morgan fingerprint density at radius 2 is 2.00 bits per heavy atom. The standard InChI is InChI=1S/C15H26N4O/c1-4-9-20-15-13(16)14(17-10-18-15)19(3)12-7-5-11(2)6-8-12/h10-12H,4-9,16H2,1-3H3. The van der Waals surface area contributed by atoms with Crippen LogP contribution in [0.3, 0.4) is 0 Å². The summed E-state index contributed by atoms with van der Waals surface area (Å²) in [6, 6.07) is 0.516. The lowest BCUT2D eigenvalue weighted by Crippen LogP contribution is -2.36. The molecule has 0 radical (unpaired) electrons. The van der Waals surface area contributed by atoms with Crippen LogP contribution in [-0.2, 0) is 0 Å². The molecule has 20 heavy (non-hydrogen) atoms. The predicted octanol–water partition coefficient (Wildman–Crippen LogP) is 2.86. The van der Waals surface area contributed by atoms with Crippen molar-refractivity contribution in [3.63, 3.8) is 0 Å². The lowest BCUT2D eigenvalue weighted by Gasteiger charge is -2.34. The molecular weight excluding hydrogens is 252 g/mol. The maximum Gasteiger partial charge on any atom is 0.242 e. The Balaban J connectivity index is 2.11. The van der Waals surface area contributed by atoms with E-state index in [0.29, 0.717) is 24.2 Å². The third-order valence-corrected chi connectivity index (χ3v) is 4.14. The number of ether oxygens (including phenoxy) is 1. The fourth-order valence-electron chi connectivity index (χ4n) is 2.77. The number of nitrogens with zero attached hydrogens (tertiary/aromatic N) is 3. The summed E-state index contributed by atoms with van der Waals surface area (Å²) >= 11 is 0. The summed E-state index contributed by atoms with van der Waals surface area (Å²) < 4.78 is 5.58. The molecule has 0 aromatic carbocycles. The van der Waals surface area contributed by atoms with Crippen molar-refractivity contribution in [3.8, 4) is 5.88 Å². The molecule has 1 aliphatic carbocycles. The second-order valence-corrected chi connectivity index (χ2v) is 5.79. The van der Waals surface area contributed by atoms with Crippen molar-refractivity contribution in [1.82, 2.24) is 9.97 Å². The van der Waals surface area contributed by atoms with E-state index in [9.17, 15) is 0 Å². The van der Waals surface area contributed by atoms with E-state index in [1.54, 1.807) is 6.33 Å². The molecule has 0 amide bonds. The number of hydrogen-bond acceptors (Lipinski definition) is 5. The molecule has 1 heterocycles. The van der Waals surface area contributed by atoms with Crippen LogP contribution >= 0.6 is 0 Å². The van der Waals surface area contributed by atoms with Gasteiger partial charge in [0.05, 0.1) is 6.61 Å². The normalized spacial score (nSPS) is 22.6. The Kier molecular flexibility index (Phi) is 5.04. The van der Waals surface area contributed by atoms with Gasteiger partial charge in [-0.2, -0.15) is 4.98 Å². The zero-order chi connectivity index (χ0) is 14.5. The third-order valence-electron chi connectivity index (χ3n) is 4.14. The second-order valence-electron chi connectivity index (χ2n) is 5.79. The van der Waals surface area contributed by atoms with Crippen LogP contribution in [0.1, 0.15) is 46.0 Å². The number of rotatable bonds is 5. The lowest BCUT2D eigenvalue weighted by atomic mass is 9.87. The highest BCUT2D eigenvalue weighted by molar-refractivity contribution is 5.67. The molecule has 112 valence electrons. The van der Waals surface area contributed by atoms with Crippen LogP contribution in [0.2, 0.25) is 0 Å². The lowest BCUT2D eigenvalue weighted by molar-refractivity contribution is 0.306. The zero-order valence-electron chi connectivity index (χ0n) is 12.8. The molecule has 0 unspecified atom stereocenters. The van der Waals surface area contributed by atoms with Crippen molar-refractivity contribution in [1.29, 1.82) is 0 Å². The SMILES string of the molecule is CCCOc1ncnc(N(C)C2CCC(C)CC2)c1N. The van der Waals surface area contributed by atoms with Gasteiger partial charge < -0.3 is 15.4 Å². The number of nitrogen functional groups attached to an aromatic ring is 1. The summed E-state index contributed by atoms with van der Waals surface area (Å²) in [6.07, 6.45) is 7.44. The van der Waals surface area contributed by atoms with Gasteiger partial charge in [-0.25, -0.2) is 4.98 Å². The molecular formula is C15H26N4O. The molecule has 1 fully saturated rings. The fourth-order valence-corrected chi connectivity index (χ4v) is 2.77. The third kappa shape index (κ3) is 3.32. The first-order valence-corrected chi connectivity index (χ1v) is 7.59. The molecule has 1 aromatic rings. The molecule has 0 bridgehead atoms. The molecule has 2 rings (SSSR count). The fraction of sp³-hybridized carbons (Fsp3) is 0.733. The minimum Gasteiger partial charge on any atom is -0.476 e. The van der Waals surface area contributed by atoms with Gasteiger partial charge in [0, 0.05) is 13.1 Å². The van der Waals surface area contributed by atoms with Crippen LogP contribution in [0.4, 0.5) is 11.5 Å². The Morgan fingerprint density at radius 1 is 1.30 bits per heavy atom. The first kappa shape index (κ1) is 14.9. The van der Waals surface area contributed by atoms with Crippen molar-refractivity contribution in [2.75, 3.05) is 24.3 Å². The van der Waals surface area contributed by atoms with Gasteiger partial charge in [-0.1, -0.05) is 13.8 Å². The topological polar surface area (TPSA) is 64.3 Å². The van der Waals surface area contributed by atoms with Crippen LogP contribution < -0.4 is 15.4 Å². The smallest absolute Gasteiger partial charge is 0.242 e. The van der Waals surface area contributed by atoms with Gasteiger partial charge in [-0.15, -0.1) is 0 Å². The van der Waals surface area contributed by atoms with E-state index >= 15 is 0 Å². The van der Waals surface area contributed by atoms with Crippen molar-refractivity contribution in [2.45, 2.75) is 52.0 Å². The maximum absolute atomic E-state index is 6.17. The highest BCUT2D eigenvalue weighted by Crippen LogP contribution is 2.33. The summed E-state index contributed by atoms with van der Waals surface area (Å²) in [5.41, 5.74) is 6.72. The molecule has 0 atom stereocenters. The van der Waals surface area contributed by atoms with Crippen molar-refractivity contribution in [2.24, 2.45) is 5.92 Å². The number of hydrogen-bond donors (Lipinski definition) is 1. The zero-order valence-corrected chi connectivity index (χ0v) is 12.8. The number of anilines is 2. The quantitative estimate of drug-likeness (QED) is 0.897. The Morgan fingerprint density at radius 3 is 2.65 bits per heavy atom. The molecule has 0 aliphatic heterocycles. The van der Waals surface area contributed by atoms with Gasteiger partial charge >= 0.3 is 0 Å². The molecule has 5 heteroatoms. The highest BCUT2D eigenvalue weighted by atomic mass is 16.5. The molecule has 5 nitrogen and oxygen atoms in total. The van der Waals surface area contributed by atoms with E-state index in [1.165, 1.54) is 25.7 Å². The minimum absolute atomic E-state index is 0.507. The van der Waals surface area contributed by atoms with Crippen LogP contribution in [0.5, 0.6) is 5.88 Å². The minimum atomic E-state index is 0.507. The van der Waals surface area contributed by atoms with Crippen LogP contribution in [0.25, 0.3) is 0 Å². The maximum atomic E-state index is 6.17. The average Bonchev–Trinajstić information content (AvgIpc) is 2.46. The average molecular weight is 278 g/mol. The Labute approximate surface area is 121 Å². The van der Waals surface area contributed by atoms with Gasteiger partial charge in [0.2, 0.25) is 5.88 Å². The Bertz CT molecular complexity index is 430. The largest absolute Gasteiger partial charge is 0.476 e. The number of nitrogens with two attached hydrogens (primary N) is 1. The van der Waals surface area contributed by atoms with E-state index in [-0.39, 0.29) is 0 Å². The van der Waals surface area contributed by atoms with Gasteiger partial charge in [-0.05, 0) is 38.0 Å². The first-order valence-electron chi connectivity index (χ1n) is 7.59. The summed E-state index contributed by atoms with van der Waals surface area (Å²) in [5, 5.41) is 0. The van der Waals surface area contributed by atoms with Crippen LogP contribution in [-0.4, -0.2) is 29.7 Å². The van der Waals surface area contributed by atoms with Gasteiger partial charge in [0.1, 0.15) is 12.0 Å². The van der Waals surface area contributed by atoms with Crippen LogP contribution in [0, 0.1) is 5.92 Å². The molecule has 0 spiro atoms. The van der Waals surface area contributed by atoms with E-state index in [0.717, 1.165) is 18.2 Å². The van der Waals surface area contributed by atoms with E-state index in [2.05, 4.69) is 35.8 Å². The van der Waals surface area contributed by atoms with E-state index in [4.69, 9.17) is 10.5 Å². The summed E-state index contributed by atoms with van der Waals surface area (Å²) in [7, 11) is 2.07. The Hall–Kier alpha value is -1.52. The van der Waals surface area contributed by atoms with Gasteiger partial charge in [-0.3, -0.25) is 0 Å². The van der Waals surface area contributed by atoms with Crippen molar-refractivity contribution >= 4 is 11.5 Å². The van der Waals surface area contributed by atoms with Gasteiger partial charge in [0.25, 0.3) is 0 Å². The molecule has 1 aliphatic rings. The molecule has 2 N–H and O–H groups in total. The van der Waals surface area contributed by atoms with E-state index in [1.807, 2.05) is 0 Å². The number of aromatic nitrogens is 2. The summed E-state index contributed by atoms with van der Waals surface area (Å²) in [6.45, 7) is 5.02. The summed E-state index contributed by atoms with van der Waals surface area (Å²) in [4.78, 5) is 10.7. The molecule has 1 saturated carbocycles. The monoisotopic (exact) mass is 278 g/mol. The molecule has 0 saturated heterocycles. The van der Waals surface area contributed by atoms with E-state index < -0.39 is 0 Å². The second kappa shape index (κ2) is 6.77.